The minimum absolute atomic E-state index is 0.0445. The molecule has 0 aliphatic heterocycles. The van der Waals surface area contributed by atoms with Gasteiger partial charge in [0.05, 0.1) is 5.52 Å². The molecule has 0 aliphatic carbocycles. The van der Waals surface area contributed by atoms with Gasteiger partial charge in [-0.2, -0.15) is 0 Å². The first-order valence-corrected chi connectivity index (χ1v) is 14.1. The molecule has 2 amide bonds. The normalized spacial score (nSPS) is 12.1. The van der Waals surface area contributed by atoms with Crippen LogP contribution in [-0.4, -0.2) is 56.0 Å². The van der Waals surface area contributed by atoms with E-state index >= 15 is 0 Å². The number of hydrogen-bond acceptors (Lipinski definition) is 5. The summed E-state index contributed by atoms with van der Waals surface area (Å²) < 4.78 is 0. The highest BCUT2D eigenvalue weighted by molar-refractivity contribution is 5.98. The Kier molecular flexibility index (Phi) is 9.47. The minimum atomic E-state index is -0.916. The molecule has 9 nitrogen and oxygen atoms in total. The van der Waals surface area contributed by atoms with Gasteiger partial charge in [-0.3, -0.25) is 14.4 Å². The average molecular weight is 547 g/mol. The maximum atomic E-state index is 14.0. The van der Waals surface area contributed by atoms with Crippen LogP contribution >= 0.6 is 0 Å². The Bertz CT molecular complexity index is 1530. The largest absolute Gasteiger partial charge is 0.508 e. The van der Waals surface area contributed by atoms with Crippen LogP contribution in [0.5, 0.6) is 11.5 Å². The Morgan fingerprint density at radius 3 is 2.38 bits per heavy atom. The number of rotatable bonds is 13. The summed E-state index contributed by atoms with van der Waals surface area (Å²) in [6.07, 6.45) is 7.76. The van der Waals surface area contributed by atoms with E-state index in [1.54, 1.807) is 36.5 Å². The van der Waals surface area contributed by atoms with E-state index in [-0.39, 0.29) is 40.4 Å². The highest BCUT2D eigenvalue weighted by Gasteiger charge is 2.28. The Morgan fingerprint density at radius 1 is 0.950 bits per heavy atom. The van der Waals surface area contributed by atoms with Gasteiger partial charge in [0.25, 0.3) is 5.91 Å². The fraction of sp³-hybridized carbons (Fsp3) is 0.387. The van der Waals surface area contributed by atoms with Crippen LogP contribution in [-0.2, 0) is 11.2 Å². The molecular weight excluding hydrogens is 508 g/mol. The Hall–Kier alpha value is -4.27. The number of phenols is 2. The average Bonchev–Trinajstić information content (AvgIpc) is 3.33. The lowest BCUT2D eigenvalue weighted by atomic mass is 10.0. The summed E-state index contributed by atoms with van der Waals surface area (Å²) in [7, 11) is 0. The van der Waals surface area contributed by atoms with Crippen molar-refractivity contribution in [2.24, 2.45) is 0 Å². The minimum Gasteiger partial charge on any atom is -0.508 e. The van der Waals surface area contributed by atoms with Crippen molar-refractivity contribution in [1.82, 2.24) is 20.2 Å². The second-order valence-corrected chi connectivity index (χ2v) is 10.3. The molecule has 0 radical (unpaired) electrons. The van der Waals surface area contributed by atoms with Crippen molar-refractivity contribution in [3.63, 3.8) is 0 Å². The van der Waals surface area contributed by atoms with Gasteiger partial charge < -0.3 is 30.4 Å². The molecule has 0 saturated heterocycles. The number of aromatic hydroxyl groups is 2. The van der Waals surface area contributed by atoms with E-state index in [9.17, 15) is 24.6 Å². The Balaban J connectivity index is 1.67. The lowest BCUT2D eigenvalue weighted by Crippen LogP contribution is -2.50. The summed E-state index contributed by atoms with van der Waals surface area (Å²) in [6, 6.07) is 9.81. The van der Waals surface area contributed by atoms with E-state index < -0.39 is 17.4 Å². The summed E-state index contributed by atoms with van der Waals surface area (Å²) in [5, 5.41) is 24.2. The summed E-state index contributed by atoms with van der Waals surface area (Å²) in [5.41, 5.74) is 1.29. The van der Waals surface area contributed by atoms with Gasteiger partial charge >= 0.3 is 0 Å². The molecule has 2 aromatic heterocycles. The molecule has 4 rings (SSSR count). The molecule has 0 saturated carbocycles. The third-order valence-electron chi connectivity index (χ3n) is 7.24. The van der Waals surface area contributed by atoms with Crippen molar-refractivity contribution in [3.8, 4) is 11.5 Å². The van der Waals surface area contributed by atoms with E-state index in [1.807, 2.05) is 4.90 Å². The van der Waals surface area contributed by atoms with Gasteiger partial charge in [-0.05, 0) is 48.7 Å². The molecular formula is C31H38N4O5. The monoisotopic (exact) mass is 546 g/mol. The zero-order chi connectivity index (χ0) is 28.6. The van der Waals surface area contributed by atoms with Gasteiger partial charge in [-0.1, -0.05) is 45.6 Å². The maximum absolute atomic E-state index is 14.0. The number of fused-ring (bicyclic) bond motifs is 2. The van der Waals surface area contributed by atoms with Gasteiger partial charge in [0.1, 0.15) is 23.2 Å². The molecule has 2 heterocycles. The third kappa shape index (κ3) is 6.65. The van der Waals surface area contributed by atoms with E-state index in [1.165, 1.54) is 12.1 Å². The number of H-pyrrole nitrogens is 2. The summed E-state index contributed by atoms with van der Waals surface area (Å²) in [5.74, 6) is -0.852. The predicted octanol–water partition coefficient (Wildman–Crippen LogP) is 4.97. The van der Waals surface area contributed by atoms with Gasteiger partial charge in [0.2, 0.25) is 5.91 Å². The molecule has 5 N–H and O–H groups in total. The van der Waals surface area contributed by atoms with Crippen LogP contribution in [0.3, 0.4) is 0 Å². The first-order chi connectivity index (χ1) is 19.3. The lowest BCUT2D eigenvalue weighted by molar-refractivity contribution is -0.133. The number of nitrogens with one attached hydrogen (secondary N) is 3. The first kappa shape index (κ1) is 28.7. The number of carbonyl (C=O) groups is 2. The number of carbonyl (C=O) groups excluding carboxylic acids is 2. The van der Waals surface area contributed by atoms with E-state index in [0.717, 1.165) is 55.0 Å². The van der Waals surface area contributed by atoms with Crippen LogP contribution in [0.15, 0.2) is 53.5 Å². The summed E-state index contributed by atoms with van der Waals surface area (Å²) in [4.78, 5) is 48.0. The van der Waals surface area contributed by atoms with Crippen molar-refractivity contribution in [2.45, 2.75) is 64.8 Å². The Labute approximate surface area is 233 Å². The lowest BCUT2D eigenvalue weighted by Gasteiger charge is -2.28. The number of pyridine rings is 1. The zero-order valence-corrected chi connectivity index (χ0v) is 23.1. The molecule has 2 aromatic carbocycles. The summed E-state index contributed by atoms with van der Waals surface area (Å²) in [6.45, 7) is 5.41. The highest BCUT2D eigenvalue weighted by Crippen LogP contribution is 2.25. The molecule has 0 aliphatic rings. The van der Waals surface area contributed by atoms with Crippen LogP contribution in [0.25, 0.3) is 21.8 Å². The van der Waals surface area contributed by atoms with Crippen LogP contribution in [0.2, 0.25) is 0 Å². The number of aromatic nitrogens is 2. The highest BCUT2D eigenvalue weighted by atomic mass is 16.3. The van der Waals surface area contributed by atoms with E-state index in [4.69, 9.17) is 0 Å². The quantitative estimate of drug-likeness (QED) is 0.151. The number of amides is 2. The van der Waals surface area contributed by atoms with Crippen LogP contribution < -0.4 is 10.7 Å². The van der Waals surface area contributed by atoms with E-state index in [0.29, 0.717) is 13.1 Å². The number of unbranched alkanes of at least 4 members (excludes halogenated alkanes) is 4. The molecule has 40 heavy (non-hydrogen) atoms. The van der Waals surface area contributed by atoms with Gasteiger partial charge in [0, 0.05) is 48.1 Å². The fourth-order valence-corrected chi connectivity index (χ4v) is 5.03. The van der Waals surface area contributed by atoms with Crippen molar-refractivity contribution >= 4 is 33.6 Å². The molecule has 0 fully saturated rings. The molecule has 4 aromatic rings. The number of benzene rings is 2. The van der Waals surface area contributed by atoms with Crippen molar-refractivity contribution in [3.05, 3.63) is 70.1 Å². The van der Waals surface area contributed by atoms with E-state index in [2.05, 4.69) is 29.1 Å². The predicted molar refractivity (Wildman–Crippen MR) is 157 cm³/mol. The topological polar surface area (TPSA) is 139 Å². The summed E-state index contributed by atoms with van der Waals surface area (Å²) >= 11 is 0. The van der Waals surface area contributed by atoms with Gasteiger partial charge in [-0.25, -0.2) is 0 Å². The second-order valence-electron chi connectivity index (χ2n) is 10.3. The van der Waals surface area contributed by atoms with Crippen LogP contribution in [0.1, 0.15) is 68.4 Å². The third-order valence-corrected chi connectivity index (χ3v) is 7.24. The Morgan fingerprint density at radius 2 is 1.68 bits per heavy atom. The van der Waals surface area contributed by atoms with Crippen molar-refractivity contribution in [2.75, 3.05) is 13.1 Å². The number of para-hydroxylation sites is 1. The maximum Gasteiger partial charge on any atom is 0.268 e. The molecule has 0 unspecified atom stereocenters. The van der Waals surface area contributed by atoms with Crippen LogP contribution in [0, 0.1) is 0 Å². The zero-order valence-electron chi connectivity index (χ0n) is 23.1. The first-order valence-electron chi connectivity index (χ1n) is 14.1. The van der Waals surface area contributed by atoms with Gasteiger partial charge in [0.15, 0.2) is 5.43 Å². The fourth-order valence-electron chi connectivity index (χ4n) is 5.03. The number of hydrogen-bond donors (Lipinski definition) is 5. The molecule has 212 valence electrons. The molecule has 0 spiro atoms. The molecule has 9 heteroatoms. The van der Waals surface area contributed by atoms with Crippen molar-refractivity contribution in [1.29, 1.82) is 0 Å². The SMILES string of the molecule is CCCCCN(CCCCC)C(=O)[C@H](Cc1c[nH]c2ccc(O)cc12)NC(=O)c1cc(=O)c2cccc(O)c2[nH]1. The molecule has 0 bridgehead atoms. The number of nitrogens with zero attached hydrogens (tertiary/aromatic N) is 1. The number of aromatic amines is 2. The standard InChI is InChI=1S/C31H38N4O5/c1-3-5-7-14-35(15-8-6-4-2)31(40)26(16-20-19-32-24-13-12-21(36)17-23(20)24)34-30(39)25-18-28(38)22-10-9-11-27(37)29(22)33-25/h9-13,17-19,26,32,36-37H,3-8,14-16H2,1-2H3,(H,33,38)(H,34,39)/t26-/m0/s1. The number of phenolic OH excluding ortho intramolecular Hbond substituents is 2. The molecule has 1 atom stereocenters. The van der Waals surface area contributed by atoms with Gasteiger partial charge in [-0.15, -0.1) is 0 Å². The second kappa shape index (κ2) is 13.2. The van der Waals surface area contributed by atoms with Crippen LogP contribution in [0.4, 0.5) is 0 Å². The van der Waals surface area contributed by atoms with Crippen molar-refractivity contribution < 1.29 is 19.8 Å². The smallest absolute Gasteiger partial charge is 0.268 e.